The second-order valence-corrected chi connectivity index (χ2v) is 9.44. The first-order chi connectivity index (χ1) is 16.9. The van der Waals surface area contributed by atoms with Crippen LogP contribution < -0.4 is 21.5 Å². The van der Waals surface area contributed by atoms with Gasteiger partial charge in [0.05, 0.1) is 16.6 Å². The highest BCUT2D eigenvalue weighted by molar-refractivity contribution is 7.14. The zero-order valence-corrected chi connectivity index (χ0v) is 20.4. The number of H-pyrrole nitrogens is 1. The van der Waals surface area contributed by atoms with Crippen molar-refractivity contribution in [3.63, 3.8) is 0 Å². The molecule has 0 saturated heterocycles. The standard InChI is InChI=1S/C23H25N5O7S/c1-23(2,3)35-22(34)24-11-14(12-7-5-4-6-8-12)26-21(33)25-13-9-10-36-17(13)18-27-15(20(31)32)16(29)19(30)28-18/h4-10,14,29H,11H2,1-3H3,(H,24,34)(H,31,32)(H2,25,26,33)(H,27,28,30). The minimum Gasteiger partial charge on any atom is -0.501 e. The van der Waals surface area contributed by atoms with Gasteiger partial charge in [-0.15, -0.1) is 11.3 Å². The van der Waals surface area contributed by atoms with Crippen molar-refractivity contribution in [1.29, 1.82) is 0 Å². The minimum atomic E-state index is -1.58. The number of aromatic carboxylic acids is 1. The summed E-state index contributed by atoms with van der Waals surface area (Å²) in [5, 5.41) is 28.5. The Morgan fingerprint density at radius 3 is 2.50 bits per heavy atom. The molecular weight excluding hydrogens is 490 g/mol. The third-order valence-corrected chi connectivity index (χ3v) is 5.50. The number of thiophene rings is 1. The Hall–Kier alpha value is -4.39. The molecule has 0 spiro atoms. The first-order valence-electron chi connectivity index (χ1n) is 10.7. The van der Waals surface area contributed by atoms with Gasteiger partial charge in [-0.05, 0) is 37.8 Å². The van der Waals surface area contributed by atoms with Crippen LogP contribution in [0.1, 0.15) is 42.9 Å². The van der Waals surface area contributed by atoms with E-state index in [0.29, 0.717) is 0 Å². The van der Waals surface area contributed by atoms with Crippen LogP contribution in [0.4, 0.5) is 15.3 Å². The van der Waals surface area contributed by atoms with Crippen LogP contribution >= 0.6 is 11.3 Å². The zero-order valence-electron chi connectivity index (χ0n) is 19.6. The number of aromatic nitrogens is 2. The topological polar surface area (TPSA) is 183 Å². The van der Waals surface area contributed by atoms with Crippen LogP contribution in [0, 0.1) is 0 Å². The van der Waals surface area contributed by atoms with Crippen LogP contribution in [0.2, 0.25) is 0 Å². The van der Waals surface area contributed by atoms with Crippen molar-refractivity contribution < 1.29 is 29.3 Å². The Morgan fingerprint density at radius 1 is 1.17 bits per heavy atom. The Kier molecular flexibility index (Phi) is 7.94. The van der Waals surface area contributed by atoms with E-state index in [0.717, 1.165) is 16.9 Å². The zero-order chi connectivity index (χ0) is 26.5. The van der Waals surface area contributed by atoms with E-state index in [1.54, 1.807) is 56.5 Å². The maximum atomic E-state index is 12.9. The van der Waals surface area contributed by atoms with Crippen molar-refractivity contribution in [1.82, 2.24) is 20.6 Å². The van der Waals surface area contributed by atoms with E-state index in [1.807, 2.05) is 6.07 Å². The molecule has 0 bridgehead atoms. The molecule has 13 heteroatoms. The van der Waals surface area contributed by atoms with Crippen LogP contribution in [0.3, 0.4) is 0 Å². The highest BCUT2D eigenvalue weighted by Gasteiger charge is 2.22. The summed E-state index contributed by atoms with van der Waals surface area (Å²) in [5.41, 5.74) is -1.55. The smallest absolute Gasteiger partial charge is 0.407 e. The normalized spacial score (nSPS) is 11.9. The first-order valence-corrected chi connectivity index (χ1v) is 11.6. The lowest BCUT2D eigenvalue weighted by Gasteiger charge is -2.23. The van der Waals surface area contributed by atoms with Crippen molar-refractivity contribution in [2.75, 3.05) is 11.9 Å². The minimum absolute atomic E-state index is 0.0393. The molecule has 6 N–H and O–H groups in total. The molecule has 3 rings (SSSR count). The second kappa shape index (κ2) is 10.9. The SMILES string of the molecule is CC(C)(C)OC(=O)NCC(NC(=O)Nc1ccsc1-c1nc(C(=O)O)c(O)c(=O)[nH]1)c1ccccc1. The maximum Gasteiger partial charge on any atom is 0.407 e. The van der Waals surface area contributed by atoms with Crippen molar-refractivity contribution in [3.05, 3.63) is 63.4 Å². The number of aromatic amines is 1. The number of nitrogens with one attached hydrogen (secondary N) is 4. The van der Waals surface area contributed by atoms with E-state index in [-0.39, 0.29) is 22.9 Å². The van der Waals surface area contributed by atoms with Gasteiger partial charge in [0.2, 0.25) is 5.75 Å². The number of amides is 3. The summed E-state index contributed by atoms with van der Waals surface area (Å²) in [6, 6.07) is 9.27. The van der Waals surface area contributed by atoms with Gasteiger partial charge in [0.25, 0.3) is 5.56 Å². The van der Waals surface area contributed by atoms with Gasteiger partial charge in [-0.3, -0.25) is 4.79 Å². The number of benzene rings is 1. The molecule has 0 aliphatic carbocycles. The summed E-state index contributed by atoms with van der Waals surface area (Å²) in [5.74, 6) is -2.73. The molecule has 2 heterocycles. The fraction of sp³-hybridized carbons (Fsp3) is 0.261. The van der Waals surface area contributed by atoms with Crippen molar-refractivity contribution >= 4 is 35.1 Å². The molecule has 0 saturated carbocycles. The van der Waals surface area contributed by atoms with E-state index in [2.05, 4.69) is 25.9 Å². The Morgan fingerprint density at radius 2 is 1.86 bits per heavy atom. The lowest BCUT2D eigenvalue weighted by molar-refractivity contribution is 0.0522. The fourth-order valence-electron chi connectivity index (χ4n) is 3.07. The predicted molar refractivity (Wildman–Crippen MR) is 132 cm³/mol. The number of urea groups is 1. The molecule has 1 aromatic carbocycles. The molecule has 2 aromatic heterocycles. The summed E-state index contributed by atoms with van der Waals surface area (Å²) < 4.78 is 5.25. The Labute approximate surface area is 209 Å². The first kappa shape index (κ1) is 26.2. The summed E-state index contributed by atoms with van der Waals surface area (Å²) in [6.07, 6.45) is -0.637. The molecule has 0 aliphatic heterocycles. The fourth-order valence-corrected chi connectivity index (χ4v) is 3.86. The van der Waals surface area contributed by atoms with Gasteiger partial charge in [0.1, 0.15) is 5.60 Å². The number of nitrogens with zero attached hydrogens (tertiary/aromatic N) is 1. The quantitative estimate of drug-likeness (QED) is 0.277. The van der Waals surface area contributed by atoms with Crippen LogP contribution in [0.15, 0.2) is 46.6 Å². The monoisotopic (exact) mass is 515 g/mol. The number of carboxylic acid groups (broad SMARTS) is 1. The largest absolute Gasteiger partial charge is 0.501 e. The Bertz CT molecular complexity index is 1310. The van der Waals surface area contributed by atoms with Crippen LogP contribution in [-0.4, -0.2) is 50.4 Å². The molecule has 0 aliphatic rings. The third kappa shape index (κ3) is 6.82. The van der Waals surface area contributed by atoms with Gasteiger partial charge in [-0.25, -0.2) is 19.4 Å². The number of alkyl carbamates (subject to hydrolysis) is 1. The van der Waals surface area contributed by atoms with Gasteiger partial charge in [-0.2, -0.15) is 0 Å². The van der Waals surface area contributed by atoms with E-state index >= 15 is 0 Å². The average Bonchev–Trinajstić information content (AvgIpc) is 3.25. The van der Waals surface area contributed by atoms with Gasteiger partial charge < -0.3 is 35.9 Å². The molecule has 1 atom stereocenters. The van der Waals surface area contributed by atoms with E-state index in [9.17, 15) is 29.4 Å². The summed E-state index contributed by atoms with van der Waals surface area (Å²) in [6.45, 7) is 5.25. The molecule has 3 aromatic rings. The summed E-state index contributed by atoms with van der Waals surface area (Å²) in [7, 11) is 0. The molecule has 0 fully saturated rings. The molecule has 190 valence electrons. The number of hydrogen-bond donors (Lipinski definition) is 6. The van der Waals surface area contributed by atoms with Gasteiger partial charge in [0.15, 0.2) is 11.5 Å². The number of ether oxygens (including phenoxy) is 1. The number of carbonyl (C=O) groups is 3. The van der Waals surface area contributed by atoms with Gasteiger partial charge >= 0.3 is 18.1 Å². The molecular formula is C23H25N5O7S. The molecule has 12 nitrogen and oxygen atoms in total. The number of carboxylic acids is 1. The maximum absolute atomic E-state index is 12.9. The number of aromatic hydroxyl groups is 1. The summed E-state index contributed by atoms with van der Waals surface area (Å²) in [4.78, 5) is 54.6. The average molecular weight is 516 g/mol. The second-order valence-electron chi connectivity index (χ2n) is 8.52. The van der Waals surface area contributed by atoms with Gasteiger partial charge in [0, 0.05) is 6.54 Å². The molecule has 0 radical (unpaired) electrons. The van der Waals surface area contributed by atoms with E-state index in [4.69, 9.17) is 4.74 Å². The number of anilines is 1. The number of carbonyl (C=O) groups excluding carboxylic acids is 2. The van der Waals surface area contributed by atoms with Crippen LogP contribution in [0.5, 0.6) is 5.75 Å². The van der Waals surface area contributed by atoms with Crippen LogP contribution in [0.25, 0.3) is 10.7 Å². The van der Waals surface area contributed by atoms with E-state index < -0.39 is 46.7 Å². The predicted octanol–water partition coefficient (Wildman–Crippen LogP) is 3.29. The highest BCUT2D eigenvalue weighted by atomic mass is 32.1. The van der Waals surface area contributed by atoms with Crippen molar-refractivity contribution in [3.8, 4) is 16.5 Å². The van der Waals surface area contributed by atoms with E-state index in [1.165, 1.54) is 0 Å². The molecule has 1 unspecified atom stereocenters. The lowest BCUT2D eigenvalue weighted by atomic mass is 10.1. The summed E-state index contributed by atoms with van der Waals surface area (Å²) >= 11 is 1.09. The Balaban J connectivity index is 1.78. The number of hydrogen-bond acceptors (Lipinski definition) is 8. The van der Waals surface area contributed by atoms with Crippen molar-refractivity contribution in [2.45, 2.75) is 32.4 Å². The molecule has 36 heavy (non-hydrogen) atoms. The third-order valence-electron chi connectivity index (χ3n) is 4.58. The molecule has 3 amide bonds. The highest BCUT2D eigenvalue weighted by Crippen LogP contribution is 2.31. The van der Waals surface area contributed by atoms with Crippen LogP contribution in [-0.2, 0) is 4.74 Å². The van der Waals surface area contributed by atoms with Gasteiger partial charge in [-0.1, -0.05) is 30.3 Å². The van der Waals surface area contributed by atoms with Crippen molar-refractivity contribution in [2.24, 2.45) is 0 Å². The number of rotatable bonds is 7. The lowest BCUT2D eigenvalue weighted by Crippen LogP contribution is -2.41.